The van der Waals surface area contributed by atoms with Gasteiger partial charge in [0, 0.05) is 34.1 Å². The SMILES string of the molecule is CCSc1ccc(N2CCC(O)C2)c(-c2cccs2)c1. The molecule has 4 heteroatoms. The molecule has 106 valence electrons. The number of benzene rings is 1. The average Bonchev–Trinajstić information content (AvgIpc) is 3.10. The Bertz CT molecular complexity index is 568. The van der Waals surface area contributed by atoms with Crippen LogP contribution in [-0.2, 0) is 0 Å². The third-order valence-corrected chi connectivity index (χ3v) is 5.35. The van der Waals surface area contributed by atoms with E-state index in [2.05, 4.69) is 47.5 Å². The molecule has 0 spiro atoms. The van der Waals surface area contributed by atoms with E-state index in [9.17, 15) is 5.11 Å². The molecular weight excluding hydrogens is 286 g/mol. The Balaban J connectivity index is 2.00. The number of anilines is 1. The van der Waals surface area contributed by atoms with E-state index >= 15 is 0 Å². The summed E-state index contributed by atoms with van der Waals surface area (Å²) in [5.41, 5.74) is 2.55. The lowest BCUT2D eigenvalue weighted by Gasteiger charge is -2.22. The van der Waals surface area contributed by atoms with Gasteiger partial charge in [-0.15, -0.1) is 23.1 Å². The second-order valence-corrected chi connectivity index (χ2v) is 7.26. The van der Waals surface area contributed by atoms with Crippen LogP contribution in [0.2, 0.25) is 0 Å². The van der Waals surface area contributed by atoms with E-state index in [0.717, 1.165) is 25.3 Å². The Hall–Kier alpha value is -0.970. The van der Waals surface area contributed by atoms with Gasteiger partial charge in [0.05, 0.1) is 6.10 Å². The van der Waals surface area contributed by atoms with Crippen LogP contribution in [0.4, 0.5) is 5.69 Å². The van der Waals surface area contributed by atoms with Crippen LogP contribution in [0.1, 0.15) is 13.3 Å². The fourth-order valence-electron chi connectivity index (χ4n) is 2.64. The molecule has 2 aromatic rings. The molecule has 1 aliphatic rings. The van der Waals surface area contributed by atoms with E-state index in [-0.39, 0.29) is 6.10 Å². The minimum absolute atomic E-state index is 0.184. The van der Waals surface area contributed by atoms with Crippen molar-refractivity contribution in [1.29, 1.82) is 0 Å². The fraction of sp³-hybridized carbons (Fsp3) is 0.375. The Morgan fingerprint density at radius 2 is 2.30 bits per heavy atom. The maximum absolute atomic E-state index is 9.78. The first-order valence-corrected chi connectivity index (χ1v) is 8.88. The van der Waals surface area contributed by atoms with Gasteiger partial charge in [0.25, 0.3) is 0 Å². The normalized spacial score (nSPS) is 18.7. The third kappa shape index (κ3) is 2.87. The van der Waals surface area contributed by atoms with Crippen LogP contribution in [-0.4, -0.2) is 30.1 Å². The molecule has 0 radical (unpaired) electrons. The van der Waals surface area contributed by atoms with Crippen LogP contribution in [0.25, 0.3) is 10.4 Å². The Kier molecular flexibility index (Phi) is 4.34. The number of hydrogen-bond donors (Lipinski definition) is 1. The molecular formula is C16H19NOS2. The van der Waals surface area contributed by atoms with Crippen molar-refractivity contribution in [3.8, 4) is 10.4 Å². The molecule has 0 amide bonds. The number of aliphatic hydroxyl groups is 1. The van der Waals surface area contributed by atoms with Gasteiger partial charge in [-0.1, -0.05) is 13.0 Å². The summed E-state index contributed by atoms with van der Waals surface area (Å²) in [4.78, 5) is 4.93. The monoisotopic (exact) mass is 305 g/mol. The minimum Gasteiger partial charge on any atom is -0.391 e. The van der Waals surface area contributed by atoms with Gasteiger partial charge >= 0.3 is 0 Å². The topological polar surface area (TPSA) is 23.5 Å². The number of thiophene rings is 1. The predicted molar refractivity (Wildman–Crippen MR) is 89.0 cm³/mol. The molecule has 1 saturated heterocycles. The van der Waals surface area contributed by atoms with Crippen molar-refractivity contribution in [3.63, 3.8) is 0 Å². The zero-order chi connectivity index (χ0) is 13.9. The number of β-amino-alcohol motifs (C(OH)–C–C–N with tert-alkyl or cyclic N) is 1. The summed E-state index contributed by atoms with van der Waals surface area (Å²) in [6, 6.07) is 11.0. The molecule has 1 unspecified atom stereocenters. The standard InChI is InChI=1S/C16H19NOS2/c1-2-19-13-5-6-15(17-8-7-12(18)11-17)14(10-13)16-4-3-9-20-16/h3-6,9-10,12,18H,2,7-8,11H2,1H3. The molecule has 0 aliphatic carbocycles. The first-order chi connectivity index (χ1) is 9.78. The molecule has 1 aliphatic heterocycles. The number of hydrogen-bond acceptors (Lipinski definition) is 4. The van der Waals surface area contributed by atoms with Gasteiger partial charge in [-0.2, -0.15) is 0 Å². The van der Waals surface area contributed by atoms with E-state index in [0.29, 0.717) is 0 Å². The van der Waals surface area contributed by atoms with Crippen LogP contribution in [0.3, 0.4) is 0 Å². The Morgan fingerprint density at radius 1 is 1.40 bits per heavy atom. The highest BCUT2D eigenvalue weighted by Crippen LogP contribution is 2.38. The molecule has 3 rings (SSSR count). The zero-order valence-corrected chi connectivity index (χ0v) is 13.2. The van der Waals surface area contributed by atoms with Crippen LogP contribution in [0.15, 0.2) is 40.6 Å². The van der Waals surface area contributed by atoms with E-state index in [1.807, 2.05) is 11.8 Å². The van der Waals surface area contributed by atoms with Crippen molar-refractivity contribution >= 4 is 28.8 Å². The number of nitrogens with zero attached hydrogens (tertiary/aromatic N) is 1. The maximum Gasteiger partial charge on any atom is 0.0731 e. The molecule has 2 nitrogen and oxygen atoms in total. The second-order valence-electron chi connectivity index (χ2n) is 4.98. The summed E-state index contributed by atoms with van der Waals surface area (Å²) in [6.07, 6.45) is 0.686. The van der Waals surface area contributed by atoms with Gasteiger partial charge in [-0.05, 0) is 41.8 Å². The van der Waals surface area contributed by atoms with E-state index in [1.54, 1.807) is 11.3 Å². The van der Waals surface area contributed by atoms with Crippen LogP contribution < -0.4 is 4.90 Å². The largest absolute Gasteiger partial charge is 0.391 e. The van der Waals surface area contributed by atoms with Gasteiger partial charge in [0.2, 0.25) is 0 Å². The molecule has 1 atom stereocenters. The average molecular weight is 305 g/mol. The van der Waals surface area contributed by atoms with Crippen LogP contribution in [0.5, 0.6) is 0 Å². The summed E-state index contributed by atoms with van der Waals surface area (Å²) in [5, 5.41) is 11.9. The quantitative estimate of drug-likeness (QED) is 0.860. The maximum atomic E-state index is 9.78. The van der Waals surface area contributed by atoms with E-state index in [1.165, 1.54) is 21.0 Å². The van der Waals surface area contributed by atoms with Gasteiger partial charge < -0.3 is 10.0 Å². The minimum atomic E-state index is -0.184. The summed E-state index contributed by atoms with van der Waals surface area (Å²) < 4.78 is 0. The lowest BCUT2D eigenvalue weighted by Crippen LogP contribution is -2.21. The molecule has 20 heavy (non-hydrogen) atoms. The van der Waals surface area contributed by atoms with Gasteiger partial charge in [0.15, 0.2) is 0 Å². The zero-order valence-electron chi connectivity index (χ0n) is 11.6. The molecule has 1 aromatic heterocycles. The van der Waals surface area contributed by atoms with Crippen molar-refractivity contribution in [2.75, 3.05) is 23.7 Å². The molecule has 1 N–H and O–H groups in total. The number of thioether (sulfide) groups is 1. The van der Waals surface area contributed by atoms with Gasteiger partial charge in [0.1, 0.15) is 0 Å². The third-order valence-electron chi connectivity index (χ3n) is 3.57. The molecule has 1 fully saturated rings. The van der Waals surface area contributed by atoms with Crippen LogP contribution >= 0.6 is 23.1 Å². The Morgan fingerprint density at radius 3 is 2.95 bits per heavy atom. The van der Waals surface area contributed by atoms with Crippen molar-refractivity contribution < 1.29 is 5.11 Å². The highest BCUT2D eigenvalue weighted by atomic mass is 32.2. The lowest BCUT2D eigenvalue weighted by molar-refractivity contribution is 0.198. The van der Waals surface area contributed by atoms with Crippen molar-refractivity contribution in [2.24, 2.45) is 0 Å². The summed E-state index contributed by atoms with van der Waals surface area (Å²) in [6.45, 7) is 3.87. The fourth-order valence-corrected chi connectivity index (χ4v) is 4.09. The summed E-state index contributed by atoms with van der Waals surface area (Å²) >= 11 is 3.65. The number of aliphatic hydroxyl groups excluding tert-OH is 1. The molecule has 0 saturated carbocycles. The summed E-state index contributed by atoms with van der Waals surface area (Å²) in [7, 11) is 0. The highest BCUT2D eigenvalue weighted by molar-refractivity contribution is 7.99. The van der Waals surface area contributed by atoms with Crippen molar-refractivity contribution in [1.82, 2.24) is 0 Å². The molecule has 1 aromatic carbocycles. The highest BCUT2D eigenvalue weighted by Gasteiger charge is 2.23. The predicted octanol–water partition coefficient (Wildman–Crippen LogP) is 4.10. The lowest BCUT2D eigenvalue weighted by atomic mass is 10.1. The second kappa shape index (κ2) is 6.20. The van der Waals surface area contributed by atoms with Crippen molar-refractivity contribution in [2.45, 2.75) is 24.3 Å². The first-order valence-electron chi connectivity index (χ1n) is 7.01. The molecule has 0 bridgehead atoms. The van der Waals surface area contributed by atoms with Gasteiger partial charge in [-0.3, -0.25) is 0 Å². The first kappa shape index (κ1) is 14.0. The van der Waals surface area contributed by atoms with Crippen molar-refractivity contribution in [3.05, 3.63) is 35.7 Å². The van der Waals surface area contributed by atoms with Gasteiger partial charge in [-0.25, -0.2) is 0 Å². The summed E-state index contributed by atoms with van der Waals surface area (Å²) in [5.74, 6) is 1.09. The van der Waals surface area contributed by atoms with E-state index < -0.39 is 0 Å². The Labute approximate surface area is 128 Å². The smallest absolute Gasteiger partial charge is 0.0731 e. The number of rotatable bonds is 4. The molecule has 2 heterocycles. The van der Waals surface area contributed by atoms with Crippen LogP contribution in [0, 0.1) is 0 Å². The van der Waals surface area contributed by atoms with E-state index in [4.69, 9.17) is 0 Å².